The van der Waals surface area contributed by atoms with Crippen molar-refractivity contribution < 1.29 is 14.3 Å². The Bertz CT molecular complexity index is 843. The topological polar surface area (TPSA) is 46.6 Å². The van der Waals surface area contributed by atoms with Crippen molar-refractivity contribution in [2.24, 2.45) is 0 Å². The molecule has 4 nitrogen and oxygen atoms in total. The molecule has 0 N–H and O–H groups in total. The van der Waals surface area contributed by atoms with Crippen LogP contribution in [0, 0.1) is 0 Å². The summed E-state index contributed by atoms with van der Waals surface area (Å²) < 4.78 is 5.18. The van der Waals surface area contributed by atoms with Gasteiger partial charge in [0, 0.05) is 21.7 Å². The average molecular weight is 410 g/mol. The summed E-state index contributed by atoms with van der Waals surface area (Å²) in [6.07, 6.45) is 0.860. The first-order valence-corrected chi connectivity index (χ1v) is 9.77. The van der Waals surface area contributed by atoms with Crippen LogP contribution in [0.3, 0.4) is 0 Å². The molecule has 0 fully saturated rings. The van der Waals surface area contributed by atoms with Gasteiger partial charge in [-0.3, -0.25) is 4.79 Å². The molecule has 0 aliphatic carbocycles. The number of carbonyl (C=O) groups is 2. The van der Waals surface area contributed by atoms with Crippen LogP contribution < -0.4 is 4.90 Å². The largest absolute Gasteiger partial charge is 0.452 e. The van der Waals surface area contributed by atoms with Crippen LogP contribution in [0.2, 0.25) is 10.0 Å². The third-order valence-corrected chi connectivity index (χ3v) is 5.82. The van der Waals surface area contributed by atoms with Crippen molar-refractivity contribution in [1.82, 2.24) is 0 Å². The van der Waals surface area contributed by atoms with E-state index in [4.69, 9.17) is 27.9 Å². The summed E-state index contributed by atoms with van der Waals surface area (Å²) in [6.45, 7) is 2.37. The summed E-state index contributed by atoms with van der Waals surface area (Å²) in [5, 5.41) is 1.01. The van der Waals surface area contributed by atoms with Gasteiger partial charge in [0.2, 0.25) is 0 Å². The van der Waals surface area contributed by atoms with Crippen molar-refractivity contribution in [3.63, 3.8) is 0 Å². The first-order chi connectivity index (χ1) is 12.5. The minimum Gasteiger partial charge on any atom is -0.452 e. The molecule has 0 aromatic heterocycles. The molecule has 2 aromatic rings. The summed E-state index contributed by atoms with van der Waals surface area (Å²) in [6, 6.07) is 12.3. The van der Waals surface area contributed by atoms with Crippen LogP contribution in [0.15, 0.2) is 47.4 Å². The first kappa shape index (κ1) is 19.1. The minimum atomic E-state index is -0.670. The molecule has 0 radical (unpaired) electrons. The summed E-state index contributed by atoms with van der Waals surface area (Å²) in [4.78, 5) is 27.6. The molecule has 136 valence electrons. The SMILES string of the molecule is C[C@@H]1CCN(C(=O)COC(=O)c2cc(Cl)ccc2Cl)c2ccccc2S1. The van der Waals surface area contributed by atoms with Gasteiger partial charge in [-0.1, -0.05) is 42.3 Å². The average Bonchev–Trinajstić information content (AvgIpc) is 2.79. The van der Waals surface area contributed by atoms with Gasteiger partial charge in [-0.2, -0.15) is 0 Å². The molecular weight excluding hydrogens is 393 g/mol. The van der Waals surface area contributed by atoms with Gasteiger partial charge in [0.15, 0.2) is 6.61 Å². The number of ether oxygens (including phenoxy) is 1. The molecule has 1 aliphatic rings. The van der Waals surface area contributed by atoms with E-state index in [9.17, 15) is 9.59 Å². The highest BCUT2D eigenvalue weighted by Crippen LogP contribution is 2.37. The number of carbonyl (C=O) groups excluding carboxylic acids is 2. The lowest BCUT2D eigenvalue weighted by molar-refractivity contribution is -0.121. The quantitative estimate of drug-likeness (QED) is 0.663. The summed E-state index contributed by atoms with van der Waals surface area (Å²) in [7, 11) is 0. The van der Waals surface area contributed by atoms with Crippen molar-refractivity contribution in [2.75, 3.05) is 18.1 Å². The Morgan fingerprint density at radius 2 is 2.00 bits per heavy atom. The third-order valence-electron chi connectivity index (χ3n) is 4.02. The Labute approximate surface area is 166 Å². The summed E-state index contributed by atoms with van der Waals surface area (Å²) >= 11 is 13.6. The molecule has 1 atom stereocenters. The van der Waals surface area contributed by atoms with E-state index < -0.39 is 5.97 Å². The van der Waals surface area contributed by atoms with Crippen molar-refractivity contribution in [3.8, 4) is 0 Å². The lowest BCUT2D eigenvalue weighted by Gasteiger charge is -2.22. The fraction of sp³-hybridized carbons (Fsp3) is 0.263. The van der Waals surface area contributed by atoms with E-state index >= 15 is 0 Å². The Balaban J connectivity index is 1.72. The van der Waals surface area contributed by atoms with Crippen molar-refractivity contribution in [3.05, 3.63) is 58.1 Å². The molecule has 3 rings (SSSR count). The number of hydrogen-bond donors (Lipinski definition) is 0. The molecule has 1 heterocycles. The van der Waals surface area contributed by atoms with Crippen molar-refractivity contribution in [2.45, 2.75) is 23.5 Å². The number of para-hydroxylation sites is 1. The normalized spacial score (nSPS) is 16.6. The van der Waals surface area contributed by atoms with E-state index in [1.165, 1.54) is 12.1 Å². The molecule has 1 amide bonds. The highest BCUT2D eigenvalue weighted by Gasteiger charge is 2.25. The number of thioether (sulfide) groups is 1. The van der Waals surface area contributed by atoms with Gasteiger partial charge in [-0.15, -0.1) is 11.8 Å². The van der Waals surface area contributed by atoms with Gasteiger partial charge < -0.3 is 9.64 Å². The number of esters is 1. The van der Waals surface area contributed by atoms with Crippen LogP contribution in [0.1, 0.15) is 23.7 Å². The third kappa shape index (κ3) is 4.34. The molecule has 1 aliphatic heterocycles. The molecule has 0 spiro atoms. The number of hydrogen-bond acceptors (Lipinski definition) is 4. The number of rotatable bonds is 3. The minimum absolute atomic E-state index is 0.146. The summed E-state index contributed by atoms with van der Waals surface area (Å²) in [5.74, 6) is -0.935. The summed E-state index contributed by atoms with van der Waals surface area (Å²) in [5.41, 5.74) is 0.996. The predicted octanol–water partition coefficient (Wildman–Crippen LogP) is 5.07. The Hall–Kier alpha value is -1.69. The Kier molecular flexibility index (Phi) is 6.12. The lowest BCUT2D eigenvalue weighted by atomic mass is 10.2. The van der Waals surface area contributed by atoms with Crippen LogP contribution in [0.25, 0.3) is 0 Å². The first-order valence-electron chi connectivity index (χ1n) is 8.14. The maximum Gasteiger partial charge on any atom is 0.340 e. The van der Waals surface area contributed by atoms with E-state index in [-0.39, 0.29) is 23.1 Å². The van der Waals surface area contributed by atoms with Crippen LogP contribution in [-0.2, 0) is 9.53 Å². The Morgan fingerprint density at radius 3 is 2.81 bits per heavy atom. The smallest absolute Gasteiger partial charge is 0.340 e. The molecule has 0 saturated carbocycles. The van der Waals surface area contributed by atoms with Crippen LogP contribution in [-0.4, -0.2) is 30.3 Å². The maximum atomic E-state index is 12.7. The number of halogens is 2. The van der Waals surface area contributed by atoms with Crippen LogP contribution >= 0.6 is 35.0 Å². The van der Waals surface area contributed by atoms with E-state index in [1.807, 2.05) is 24.3 Å². The number of fused-ring (bicyclic) bond motifs is 1. The van der Waals surface area contributed by atoms with Gasteiger partial charge in [0.25, 0.3) is 5.91 Å². The van der Waals surface area contributed by atoms with Crippen LogP contribution in [0.5, 0.6) is 0 Å². The predicted molar refractivity (Wildman–Crippen MR) is 105 cm³/mol. The molecule has 0 bridgehead atoms. The monoisotopic (exact) mass is 409 g/mol. The van der Waals surface area contributed by atoms with Crippen LogP contribution in [0.4, 0.5) is 5.69 Å². The molecule has 26 heavy (non-hydrogen) atoms. The van der Waals surface area contributed by atoms with E-state index in [1.54, 1.807) is 22.7 Å². The fourth-order valence-corrected chi connectivity index (χ4v) is 4.16. The zero-order valence-electron chi connectivity index (χ0n) is 14.1. The molecule has 7 heteroatoms. The lowest BCUT2D eigenvalue weighted by Crippen LogP contribution is -2.35. The second-order valence-corrected chi connectivity index (χ2v) is 8.25. The van der Waals surface area contributed by atoms with E-state index in [0.717, 1.165) is 17.0 Å². The number of benzene rings is 2. The van der Waals surface area contributed by atoms with Gasteiger partial charge >= 0.3 is 5.97 Å². The standard InChI is InChI=1S/C19H17Cl2NO3S/c1-12-8-9-22(16-4-2-3-5-17(16)26-12)18(23)11-25-19(24)14-10-13(20)6-7-15(14)21/h2-7,10,12H,8-9,11H2,1H3/t12-/m1/s1. The van der Waals surface area contributed by atoms with E-state index in [2.05, 4.69) is 6.92 Å². The maximum absolute atomic E-state index is 12.7. The van der Waals surface area contributed by atoms with Gasteiger partial charge in [-0.05, 0) is 36.8 Å². The second-order valence-electron chi connectivity index (χ2n) is 5.93. The molecule has 0 unspecified atom stereocenters. The molecule has 2 aromatic carbocycles. The fourth-order valence-electron chi connectivity index (χ4n) is 2.68. The van der Waals surface area contributed by atoms with E-state index in [0.29, 0.717) is 16.8 Å². The number of amides is 1. The molecule has 0 saturated heterocycles. The number of nitrogens with zero attached hydrogens (tertiary/aromatic N) is 1. The number of anilines is 1. The highest BCUT2D eigenvalue weighted by molar-refractivity contribution is 8.00. The van der Waals surface area contributed by atoms with Gasteiger partial charge in [0.05, 0.1) is 16.3 Å². The Morgan fingerprint density at radius 1 is 1.23 bits per heavy atom. The van der Waals surface area contributed by atoms with Crippen molar-refractivity contribution >= 4 is 52.5 Å². The van der Waals surface area contributed by atoms with Gasteiger partial charge in [0.1, 0.15) is 0 Å². The van der Waals surface area contributed by atoms with Crippen molar-refractivity contribution in [1.29, 1.82) is 0 Å². The zero-order chi connectivity index (χ0) is 18.7. The van der Waals surface area contributed by atoms with Gasteiger partial charge in [-0.25, -0.2) is 4.79 Å². The highest BCUT2D eigenvalue weighted by atomic mass is 35.5. The molecular formula is C19H17Cl2NO3S. The zero-order valence-corrected chi connectivity index (χ0v) is 16.4. The second kappa shape index (κ2) is 8.33.